The van der Waals surface area contributed by atoms with E-state index in [1.807, 2.05) is 0 Å². The van der Waals surface area contributed by atoms with Crippen molar-refractivity contribution in [3.63, 3.8) is 0 Å². The van der Waals surface area contributed by atoms with Gasteiger partial charge in [-0.2, -0.15) is 0 Å². The molecule has 78 valence electrons. The Labute approximate surface area is 89.0 Å². The van der Waals surface area contributed by atoms with Crippen molar-refractivity contribution in [2.24, 2.45) is 0 Å². The molecule has 1 aromatic carbocycles. The Bertz CT molecular complexity index is 515. The van der Waals surface area contributed by atoms with Gasteiger partial charge in [-0.05, 0) is 18.2 Å². The average Bonchev–Trinajstić information content (AvgIpc) is 2.60. The molecule has 1 heterocycles. The second-order valence-electron chi connectivity index (χ2n) is 3.04. The number of benzene rings is 1. The standard InChI is InChI=1S/C10H8O4S/c11-9(12)5-2-1-3-7-6(5)4-8(15-7)10(13)14/h1-4,10,13-14H,(H,11,12). The van der Waals surface area contributed by atoms with Crippen LogP contribution in [0.25, 0.3) is 10.1 Å². The number of carboxylic acids is 1. The fourth-order valence-corrected chi connectivity index (χ4v) is 2.36. The van der Waals surface area contributed by atoms with Gasteiger partial charge < -0.3 is 15.3 Å². The van der Waals surface area contributed by atoms with Crippen molar-refractivity contribution in [2.45, 2.75) is 6.29 Å². The summed E-state index contributed by atoms with van der Waals surface area (Å²) in [6.45, 7) is 0. The molecule has 0 unspecified atom stereocenters. The van der Waals surface area contributed by atoms with Gasteiger partial charge in [0.15, 0.2) is 6.29 Å². The van der Waals surface area contributed by atoms with E-state index in [4.69, 9.17) is 15.3 Å². The van der Waals surface area contributed by atoms with E-state index in [0.717, 1.165) is 4.70 Å². The Kier molecular flexibility index (Phi) is 2.44. The normalized spacial score (nSPS) is 11.1. The second kappa shape index (κ2) is 3.62. The fraction of sp³-hybridized carbons (Fsp3) is 0.100. The fourth-order valence-electron chi connectivity index (χ4n) is 1.39. The number of carbonyl (C=O) groups is 1. The maximum absolute atomic E-state index is 10.9. The predicted octanol–water partition coefficient (Wildman–Crippen LogP) is 1.58. The minimum absolute atomic E-state index is 0.177. The van der Waals surface area contributed by atoms with E-state index in [-0.39, 0.29) is 5.56 Å². The molecule has 5 heteroatoms. The highest BCUT2D eigenvalue weighted by atomic mass is 32.1. The van der Waals surface area contributed by atoms with Gasteiger partial charge in [0.2, 0.25) is 0 Å². The number of fused-ring (bicyclic) bond motifs is 1. The smallest absolute Gasteiger partial charge is 0.336 e. The zero-order valence-corrected chi connectivity index (χ0v) is 8.36. The minimum atomic E-state index is -1.55. The van der Waals surface area contributed by atoms with E-state index >= 15 is 0 Å². The first-order valence-electron chi connectivity index (χ1n) is 4.21. The SMILES string of the molecule is O=C(O)c1cccc2sc(C(O)O)cc12. The molecule has 3 N–H and O–H groups in total. The Hall–Kier alpha value is -1.43. The third kappa shape index (κ3) is 1.72. The summed E-state index contributed by atoms with van der Waals surface area (Å²) < 4.78 is 0.734. The highest BCUT2D eigenvalue weighted by Crippen LogP contribution is 2.31. The number of hydrogen-bond acceptors (Lipinski definition) is 4. The average molecular weight is 224 g/mol. The molecule has 4 nitrogen and oxygen atoms in total. The molecule has 0 spiro atoms. The lowest BCUT2D eigenvalue weighted by molar-refractivity contribution is -0.0395. The van der Waals surface area contributed by atoms with Crippen LogP contribution in [0.15, 0.2) is 24.3 Å². The molecular weight excluding hydrogens is 216 g/mol. The first-order chi connectivity index (χ1) is 7.09. The zero-order valence-electron chi connectivity index (χ0n) is 7.54. The van der Waals surface area contributed by atoms with E-state index in [1.54, 1.807) is 12.1 Å². The molecule has 0 atom stereocenters. The molecule has 0 aliphatic rings. The number of aliphatic hydroxyl groups excluding tert-OH is 1. The van der Waals surface area contributed by atoms with Crippen LogP contribution in [0.4, 0.5) is 0 Å². The quantitative estimate of drug-likeness (QED) is 0.677. The predicted molar refractivity (Wildman–Crippen MR) is 56.0 cm³/mol. The molecule has 0 aliphatic heterocycles. The van der Waals surface area contributed by atoms with Crippen molar-refractivity contribution in [2.75, 3.05) is 0 Å². The number of thiophene rings is 1. The van der Waals surface area contributed by atoms with E-state index < -0.39 is 12.3 Å². The molecule has 0 saturated carbocycles. The monoisotopic (exact) mass is 224 g/mol. The molecule has 2 rings (SSSR count). The largest absolute Gasteiger partial charge is 0.478 e. The topological polar surface area (TPSA) is 77.8 Å². The van der Waals surface area contributed by atoms with E-state index in [0.29, 0.717) is 10.3 Å². The van der Waals surface area contributed by atoms with E-state index in [2.05, 4.69) is 0 Å². The van der Waals surface area contributed by atoms with Crippen LogP contribution in [-0.2, 0) is 0 Å². The van der Waals surface area contributed by atoms with Gasteiger partial charge in [-0.25, -0.2) is 4.79 Å². The molecule has 0 aliphatic carbocycles. The first kappa shape index (κ1) is 10.1. The van der Waals surface area contributed by atoms with Crippen LogP contribution in [0.2, 0.25) is 0 Å². The summed E-state index contributed by atoms with van der Waals surface area (Å²) >= 11 is 1.17. The van der Waals surface area contributed by atoms with Crippen molar-refractivity contribution in [3.8, 4) is 0 Å². The van der Waals surface area contributed by atoms with Gasteiger partial charge in [0.1, 0.15) is 0 Å². The van der Waals surface area contributed by atoms with Crippen molar-refractivity contribution >= 4 is 27.4 Å². The molecular formula is C10H8O4S. The van der Waals surface area contributed by atoms with Gasteiger partial charge in [-0.1, -0.05) is 6.07 Å². The highest BCUT2D eigenvalue weighted by molar-refractivity contribution is 7.19. The summed E-state index contributed by atoms with van der Waals surface area (Å²) in [6, 6.07) is 6.37. The molecule has 15 heavy (non-hydrogen) atoms. The van der Waals surface area contributed by atoms with Crippen LogP contribution in [-0.4, -0.2) is 21.3 Å². The van der Waals surface area contributed by atoms with Gasteiger partial charge in [0.25, 0.3) is 0 Å². The molecule has 0 radical (unpaired) electrons. The van der Waals surface area contributed by atoms with Crippen LogP contribution in [0.1, 0.15) is 21.5 Å². The molecule has 0 bridgehead atoms. The number of carboxylic acid groups (broad SMARTS) is 1. The van der Waals surface area contributed by atoms with Crippen molar-refractivity contribution in [1.82, 2.24) is 0 Å². The van der Waals surface area contributed by atoms with Gasteiger partial charge in [-0.3, -0.25) is 0 Å². The van der Waals surface area contributed by atoms with Crippen LogP contribution in [0.5, 0.6) is 0 Å². The summed E-state index contributed by atoms with van der Waals surface area (Å²) in [7, 11) is 0. The lowest BCUT2D eigenvalue weighted by atomic mass is 10.1. The van der Waals surface area contributed by atoms with Gasteiger partial charge in [0.05, 0.1) is 10.4 Å². The lowest BCUT2D eigenvalue weighted by Gasteiger charge is -1.95. The Morgan fingerprint density at radius 1 is 1.33 bits per heavy atom. The Balaban J connectivity index is 2.70. The molecule has 0 amide bonds. The zero-order chi connectivity index (χ0) is 11.0. The highest BCUT2D eigenvalue weighted by Gasteiger charge is 2.13. The summed E-state index contributed by atoms with van der Waals surface area (Å²) in [5.74, 6) is -1.02. The molecule has 0 saturated heterocycles. The minimum Gasteiger partial charge on any atom is -0.478 e. The van der Waals surface area contributed by atoms with Crippen LogP contribution >= 0.6 is 11.3 Å². The number of hydrogen-bond donors (Lipinski definition) is 3. The maximum Gasteiger partial charge on any atom is 0.336 e. The van der Waals surface area contributed by atoms with Crippen molar-refractivity contribution in [1.29, 1.82) is 0 Å². The van der Waals surface area contributed by atoms with Crippen LogP contribution < -0.4 is 0 Å². The number of aromatic carboxylic acids is 1. The van der Waals surface area contributed by atoms with Crippen LogP contribution in [0.3, 0.4) is 0 Å². The Morgan fingerprint density at radius 3 is 2.67 bits per heavy atom. The van der Waals surface area contributed by atoms with Gasteiger partial charge >= 0.3 is 5.97 Å². The lowest BCUT2D eigenvalue weighted by Crippen LogP contribution is -1.95. The molecule has 1 aromatic heterocycles. The summed E-state index contributed by atoms with van der Waals surface area (Å²) in [6.07, 6.45) is -1.55. The van der Waals surface area contributed by atoms with E-state index in [9.17, 15) is 4.79 Å². The summed E-state index contributed by atoms with van der Waals surface area (Å²) in [5.41, 5.74) is 0.177. The van der Waals surface area contributed by atoms with Gasteiger partial charge in [-0.15, -0.1) is 11.3 Å². The third-order valence-corrected chi connectivity index (χ3v) is 3.21. The van der Waals surface area contributed by atoms with Crippen molar-refractivity contribution < 1.29 is 20.1 Å². The number of rotatable bonds is 2. The summed E-state index contributed by atoms with van der Waals surface area (Å²) in [4.78, 5) is 11.2. The summed E-state index contributed by atoms with van der Waals surface area (Å²) in [5, 5.41) is 27.4. The van der Waals surface area contributed by atoms with Crippen LogP contribution in [0, 0.1) is 0 Å². The third-order valence-electron chi connectivity index (χ3n) is 2.07. The number of aliphatic hydroxyl groups is 2. The van der Waals surface area contributed by atoms with Gasteiger partial charge in [0, 0.05) is 10.1 Å². The van der Waals surface area contributed by atoms with Crippen molar-refractivity contribution in [3.05, 3.63) is 34.7 Å². The van der Waals surface area contributed by atoms with E-state index in [1.165, 1.54) is 23.5 Å². The molecule has 0 fully saturated rings. The first-order valence-corrected chi connectivity index (χ1v) is 5.03. The second-order valence-corrected chi connectivity index (χ2v) is 4.16. The Morgan fingerprint density at radius 2 is 2.07 bits per heavy atom. The maximum atomic E-state index is 10.9. The molecule has 2 aromatic rings.